The lowest BCUT2D eigenvalue weighted by atomic mass is 9.99. The summed E-state index contributed by atoms with van der Waals surface area (Å²) in [6, 6.07) is 102. The molecule has 0 aliphatic heterocycles. The van der Waals surface area contributed by atoms with Crippen LogP contribution >= 0.6 is 34.0 Å². The summed E-state index contributed by atoms with van der Waals surface area (Å²) in [4.78, 5) is 31.6. The van der Waals surface area contributed by atoms with Crippen molar-refractivity contribution in [2.24, 2.45) is 0 Å². The van der Waals surface area contributed by atoms with Gasteiger partial charge in [-0.2, -0.15) is 0 Å². The molecule has 0 radical (unpaired) electrons. The van der Waals surface area contributed by atoms with Crippen molar-refractivity contribution >= 4 is 160 Å². The Hall–Kier alpha value is -12.8. The van der Waals surface area contributed by atoms with Gasteiger partial charge in [-0.05, 0) is 106 Å². The fourth-order valence-electron chi connectivity index (χ4n) is 15.2. The fourth-order valence-corrected chi connectivity index (χ4v) is 19.0. The van der Waals surface area contributed by atoms with Crippen LogP contribution in [0.1, 0.15) is 0 Å². The maximum absolute atomic E-state index is 6.89. The van der Waals surface area contributed by atoms with Crippen molar-refractivity contribution in [1.82, 2.24) is 29.9 Å². The van der Waals surface area contributed by atoms with Gasteiger partial charge in [0.15, 0.2) is 34.9 Å². The number of fused-ring (bicyclic) bond motifs is 18. The Morgan fingerprint density at radius 2 is 0.578 bits per heavy atom. The molecule has 0 unspecified atom stereocenters. The molecule has 0 aliphatic rings. The van der Waals surface area contributed by atoms with Crippen LogP contribution in [0.3, 0.4) is 0 Å². The number of rotatable bonds is 9. The van der Waals surface area contributed by atoms with Gasteiger partial charge < -0.3 is 13.3 Å². The van der Waals surface area contributed by atoms with Crippen molar-refractivity contribution in [3.05, 3.63) is 291 Å². The molecule has 102 heavy (non-hydrogen) atoms. The average Bonchev–Trinajstić information content (AvgIpc) is 1.59. The van der Waals surface area contributed by atoms with Crippen LogP contribution in [0, 0.1) is 0 Å². The molecule has 0 aliphatic carbocycles. The molecular formula is C90H48N6O3S3. The van der Waals surface area contributed by atoms with Crippen LogP contribution < -0.4 is 0 Å². The minimum Gasteiger partial charge on any atom is -0.456 e. The molecule has 8 aromatic heterocycles. The summed E-state index contributed by atoms with van der Waals surface area (Å²) in [5.74, 6) is 3.34. The Bertz CT molecular complexity index is 7280. The van der Waals surface area contributed by atoms with E-state index in [-0.39, 0.29) is 0 Å². The maximum atomic E-state index is 6.89. The van der Waals surface area contributed by atoms with Gasteiger partial charge in [-0.3, -0.25) is 0 Å². The highest BCUT2D eigenvalue weighted by Gasteiger charge is 2.25. The monoisotopic (exact) mass is 1360 g/mol. The van der Waals surface area contributed by atoms with Gasteiger partial charge in [0.25, 0.3) is 0 Å². The number of aromatic nitrogens is 6. The minimum atomic E-state index is 0.517. The van der Waals surface area contributed by atoms with E-state index in [0.29, 0.717) is 40.5 Å². The highest BCUT2D eigenvalue weighted by Crippen LogP contribution is 2.48. The number of hydrogen-bond donors (Lipinski definition) is 0. The van der Waals surface area contributed by atoms with Crippen molar-refractivity contribution in [3.8, 4) is 102 Å². The van der Waals surface area contributed by atoms with Crippen LogP contribution in [-0.2, 0) is 0 Å². The summed E-state index contributed by atoms with van der Waals surface area (Å²) in [5, 5.41) is 13.4. The number of benzene rings is 14. The first kappa shape index (κ1) is 57.1. The molecule has 0 fully saturated rings. The van der Waals surface area contributed by atoms with Crippen LogP contribution in [0.25, 0.3) is 228 Å². The van der Waals surface area contributed by atoms with Crippen molar-refractivity contribution in [2.45, 2.75) is 0 Å². The predicted octanol–water partition coefficient (Wildman–Crippen LogP) is 25.9. The first-order valence-electron chi connectivity index (χ1n) is 33.8. The first-order chi connectivity index (χ1) is 50.5. The third kappa shape index (κ3) is 8.93. The van der Waals surface area contributed by atoms with Crippen LogP contribution in [-0.4, -0.2) is 29.9 Å². The first-order valence-corrected chi connectivity index (χ1v) is 36.2. The summed E-state index contributed by atoms with van der Waals surface area (Å²) in [6.45, 7) is 0. The Morgan fingerprint density at radius 3 is 1.18 bits per heavy atom. The quantitative estimate of drug-likeness (QED) is 0.139. The molecule has 22 aromatic rings. The lowest BCUT2D eigenvalue weighted by Gasteiger charge is -2.10. The van der Waals surface area contributed by atoms with E-state index >= 15 is 0 Å². The van der Waals surface area contributed by atoms with E-state index in [4.69, 9.17) is 43.2 Å². The second kappa shape index (κ2) is 22.3. The Balaban J connectivity index is 0.616. The molecule has 0 N–H and O–H groups in total. The van der Waals surface area contributed by atoms with Gasteiger partial charge in [0.1, 0.15) is 33.5 Å². The molecule has 9 nitrogen and oxygen atoms in total. The number of furan rings is 3. The summed E-state index contributed by atoms with van der Waals surface area (Å²) in [5.41, 5.74) is 16.6. The van der Waals surface area contributed by atoms with Gasteiger partial charge in [0.2, 0.25) is 0 Å². The van der Waals surface area contributed by atoms with Gasteiger partial charge in [-0.25, -0.2) is 29.9 Å². The standard InChI is InChI=1S/C90H48N6O3S3/c1-2-16-50(17-3-1)85-91-87(66-28-15-33-75-79(66)65-20-4-7-32-72(65)97-75)95-88(92-85)67-29-12-23-60-71-47-54(42-45-74(71)98-80(60)67)56-22-11-26-64-59-43-40-52(48-78(59)102-83(56)64)49-36-38-51(39-37-49)86-93-89(96-90(94-86)69-31-14-27-63-58-19-6-9-35-77(58)101-84(63)69)68-30-13-24-61-70-46-53(41-44-73(70)99-81(61)68)55-21-10-25-62-57-18-5-8-34-76(57)100-82(55)62/h1-48H. The third-order valence-corrected chi connectivity index (χ3v) is 23.7. The Kier molecular flexibility index (Phi) is 12.5. The zero-order valence-corrected chi connectivity index (χ0v) is 56.3. The van der Waals surface area contributed by atoms with Gasteiger partial charge in [0.05, 0.1) is 11.1 Å². The zero-order valence-electron chi connectivity index (χ0n) is 53.8. The fraction of sp³-hybridized carbons (Fsp3) is 0. The van der Waals surface area contributed by atoms with E-state index in [9.17, 15) is 0 Å². The average molecular weight is 1360 g/mol. The SMILES string of the molecule is c1ccc(-c2nc(-c3cccc4c3oc3ccc(-c5cccc6c5sc5cc(-c7ccc(-c8nc(-c9cccc%10c9oc9ccc(-c%11cccc%12c%11sc%11ccccc%11%12)cc9%10)nc(-c9cccc%10c9sc9ccccc9%10)n8)cc7)ccc56)cc34)nc(-c3cccc4oc5ccccc5c34)n2)cc1. The van der Waals surface area contributed by atoms with Gasteiger partial charge in [-0.15, -0.1) is 34.0 Å². The van der Waals surface area contributed by atoms with E-state index in [2.05, 4.69) is 224 Å². The van der Waals surface area contributed by atoms with Crippen molar-refractivity contribution < 1.29 is 13.3 Å². The largest absolute Gasteiger partial charge is 0.456 e. The molecular weight excluding hydrogens is 1310 g/mol. The molecule has 14 aromatic carbocycles. The van der Waals surface area contributed by atoms with Crippen molar-refractivity contribution in [1.29, 1.82) is 0 Å². The molecule has 0 atom stereocenters. The third-order valence-electron chi connectivity index (χ3n) is 20.1. The van der Waals surface area contributed by atoms with E-state index in [0.717, 1.165) is 126 Å². The second-order valence-electron chi connectivity index (χ2n) is 25.9. The van der Waals surface area contributed by atoms with Crippen LogP contribution in [0.4, 0.5) is 0 Å². The second-order valence-corrected chi connectivity index (χ2v) is 29.0. The van der Waals surface area contributed by atoms with E-state index < -0.39 is 0 Å². The maximum Gasteiger partial charge on any atom is 0.167 e. The smallest absolute Gasteiger partial charge is 0.167 e. The summed E-state index contributed by atoms with van der Waals surface area (Å²) < 4.78 is 27.4. The van der Waals surface area contributed by atoms with Gasteiger partial charge >= 0.3 is 0 Å². The molecule has 0 bridgehead atoms. The van der Waals surface area contributed by atoms with Crippen LogP contribution in [0.2, 0.25) is 0 Å². The van der Waals surface area contributed by atoms with Gasteiger partial charge in [-0.1, -0.05) is 218 Å². The van der Waals surface area contributed by atoms with Crippen molar-refractivity contribution in [3.63, 3.8) is 0 Å². The Morgan fingerprint density at radius 1 is 0.196 bits per heavy atom. The summed E-state index contributed by atoms with van der Waals surface area (Å²) >= 11 is 5.43. The summed E-state index contributed by atoms with van der Waals surface area (Å²) in [7, 11) is 0. The van der Waals surface area contributed by atoms with Crippen LogP contribution in [0.15, 0.2) is 304 Å². The molecule has 474 valence electrons. The number of para-hydroxylation sites is 3. The normalized spacial score (nSPS) is 12.1. The topological polar surface area (TPSA) is 117 Å². The predicted molar refractivity (Wildman–Crippen MR) is 423 cm³/mol. The van der Waals surface area contributed by atoms with E-state index in [1.165, 1.54) is 61.4 Å². The zero-order chi connectivity index (χ0) is 66.7. The van der Waals surface area contributed by atoms with Gasteiger partial charge in [0, 0.05) is 115 Å². The number of hydrogen-bond acceptors (Lipinski definition) is 12. The number of thiophene rings is 3. The van der Waals surface area contributed by atoms with E-state index in [1.54, 1.807) is 11.3 Å². The number of nitrogens with zero attached hydrogens (tertiary/aromatic N) is 6. The van der Waals surface area contributed by atoms with Crippen molar-refractivity contribution in [2.75, 3.05) is 0 Å². The molecule has 12 heteroatoms. The summed E-state index contributed by atoms with van der Waals surface area (Å²) in [6.07, 6.45) is 0. The molecule has 0 amide bonds. The molecule has 0 saturated carbocycles. The molecule has 0 saturated heterocycles. The molecule has 0 spiro atoms. The lowest BCUT2D eigenvalue weighted by Crippen LogP contribution is -2.00. The molecule has 8 heterocycles. The Labute approximate surface area is 592 Å². The lowest BCUT2D eigenvalue weighted by molar-refractivity contribution is 0.668. The van der Waals surface area contributed by atoms with Crippen LogP contribution in [0.5, 0.6) is 0 Å². The minimum absolute atomic E-state index is 0.517. The van der Waals surface area contributed by atoms with E-state index in [1.807, 2.05) is 89.4 Å². The highest BCUT2D eigenvalue weighted by molar-refractivity contribution is 7.27. The molecule has 22 rings (SSSR count). The highest BCUT2D eigenvalue weighted by atomic mass is 32.1.